The van der Waals surface area contributed by atoms with E-state index in [0.717, 1.165) is 119 Å². The summed E-state index contributed by atoms with van der Waals surface area (Å²) in [5, 5.41) is 0. The van der Waals surface area contributed by atoms with E-state index in [-0.39, 0.29) is 11.9 Å². The van der Waals surface area contributed by atoms with Crippen LogP contribution < -0.4 is 0 Å². The molecule has 0 aromatic rings. The van der Waals surface area contributed by atoms with Crippen molar-refractivity contribution in [2.24, 2.45) is 130 Å². The van der Waals surface area contributed by atoms with Crippen LogP contribution in [0.5, 0.6) is 0 Å². The van der Waals surface area contributed by atoms with Crippen LogP contribution in [0.4, 0.5) is 0 Å². The largest absolute Gasteiger partial charge is 0.469 e. The highest BCUT2D eigenvalue weighted by Crippen LogP contribution is 2.50. The average molecular weight is 1310 g/mol. The first-order valence-corrected chi connectivity index (χ1v) is 41.5. The molecule has 0 spiro atoms. The molecule has 0 bridgehead atoms. The van der Waals surface area contributed by atoms with E-state index >= 15 is 0 Å². The summed E-state index contributed by atoms with van der Waals surface area (Å²) in [6.07, 6.45) is 64.1. The Balaban J connectivity index is 1.01. The van der Waals surface area contributed by atoms with Crippen LogP contribution in [0.25, 0.3) is 0 Å². The Labute approximate surface area is 576 Å². The van der Waals surface area contributed by atoms with Gasteiger partial charge in [0, 0.05) is 12.8 Å². The lowest BCUT2D eigenvalue weighted by molar-refractivity contribution is -0.274. The molecule has 22 atom stereocenters. The van der Waals surface area contributed by atoms with Gasteiger partial charge in [-0.15, -0.1) is 0 Å². The number of ether oxygens (including phenoxy) is 2. The second-order valence-electron chi connectivity index (χ2n) is 35.3. The fourth-order valence-electron chi connectivity index (χ4n) is 21.2. The minimum Gasteiger partial charge on any atom is -0.469 e. The fourth-order valence-corrected chi connectivity index (χ4v) is 21.2. The van der Waals surface area contributed by atoms with Crippen molar-refractivity contribution in [1.29, 1.82) is 0 Å². The fraction of sp³-hybridized carbons (Fsp3) is 0.976. The summed E-state index contributed by atoms with van der Waals surface area (Å²) in [4.78, 5) is 44.2. The summed E-state index contributed by atoms with van der Waals surface area (Å²) in [7, 11) is 6.35. The van der Waals surface area contributed by atoms with E-state index < -0.39 is 0 Å². The van der Waals surface area contributed by atoms with Gasteiger partial charge >= 0.3 is 11.9 Å². The zero-order valence-corrected chi connectivity index (χ0v) is 63.6. The van der Waals surface area contributed by atoms with E-state index in [1.54, 1.807) is 28.4 Å². The molecule has 0 radical (unpaired) electrons. The van der Waals surface area contributed by atoms with Crippen molar-refractivity contribution in [3.05, 3.63) is 0 Å². The van der Waals surface area contributed by atoms with Crippen molar-refractivity contribution < 1.29 is 38.6 Å². The van der Waals surface area contributed by atoms with Gasteiger partial charge in [-0.3, -0.25) is 9.59 Å². The molecule has 2 unspecified atom stereocenters. The predicted molar refractivity (Wildman–Crippen MR) is 389 cm³/mol. The van der Waals surface area contributed by atoms with Crippen molar-refractivity contribution in [1.82, 2.24) is 0 Å². The normalized spacial score (nSPS) is 30.0. The van der Waals surface area contributed by atoms with Crippen LogP contribution in [0.1, 0.15) is 357 Å². The lowest BCUT2D eigenvalue weighted by atomic mass is 9.72. The summed E-state index contributed by atoms with van der Waals surface area (Å²) in [6.45, 7) is 22.0. The van der Waals surface area contributed by atoms with Crippen LogP contribution in [0.15, 0.2) is 0 Å². The van der Waals surface area contributed by atoms with E-state index in [1.165, 1.54) is 276 Å². The first-order chi connectivity index (χ1) is 45.0. The molecule has 8 heteroatoms. The molecule has 93 heavy (non-hydrogen) atoms. The van der Waals surface area contributed by atoms with E-state index in [4.69, 9.17) is 29.0 Å². The van der Waals surface area contributed by atoms with Crippen LogP contribution in [0, 0.1) is 130 Å². The summed E-state index contributed by atoms with van der Waals surface area (Å²) >= 11 is 0. The smallest absolute Gasteiger partial charge is 0.305 e. The Kier molecular flexibility index (Phi) is 40.2. The van der Waals surface area contributed by atoms with Gasteiger partial charge in [0.1, 0.15) is 0 Å². The lowest BCUT2D eigenvalue weighted by Crippen LogP contribution is -2.21. The Morgan fingerprint density at radius 2 is 0.645 bits per heavy atom. The van der Waals surface area contributed by atoms with Crippen molar-refractivity contribution in [3.63, 3.8) is 0 Å². The number of rotatable bonds is 51. The van der Waals surface area contributed by atoms with Gasteiger partial charge in [0.05, 0.1) is 41.7 Å². The molecular formula is C85H156O8. The molecule has 0 heterocycles. The molecule has 0 amide bonds. The van der Waals surface area contributed by atoms with E-state index in [0.29, 0.717) is 49.7 Å². The minimum absolute atomic E-state index is 0.00819. The second kappa shape index (κ2) is 46.3. The maximum absolute atomic E-state index is 12.0. The molecule has 6 rings (SSSR count). The molecular weight excluding hydrogens is 1150 g/mol. The van der Waals surface area contributed by atoms with Gasteiger partial charge in [-0.05, 0) is 239 Å². The van der Waals surface area contributed by atoms with E-state index in [2.05, 4.69) is 55.4 Å². The molecule has 0 aromatic carbocycles. The zero-order chi connectivity index (χ0) is 66.7. The summed E-state index contributed by atoms with van der Waals surface area (Å²) < 4.78 is 10.1. The predicted octanol–water partition coefficient (Wildman–Crippen LogP) is 24.6. The third-order valence-electron chi connectivity index (χ3n) is 28.1. The average Bonchev–Trinajstić information content (AvgIpc) is 1.80. The standard InChI is InChI=1S/C85H156O8/c1-62(20-13-24-68(7)78-46-48-82(60-78)80-44-41-74(56-80)58-84(86)88-9)34-36-70(28-17-26-66(5)76-33-19-32-72(54-76)30-15-22-64(3)50-52-92-90-11)38-39-71(29-18-27-67(6)77-43-40-73(55-77)31-16-23-65(4)51-53-93-91-12)37-35-63(2)21-14-25-69(8)79-47-49-83(61-79)81-45-42-75(57-81)59-85(87)89-10/h62-83H,13-61H2,1-12H3/t62-,63-,64+,65+,66+,67+,68+,69+,70-,71-,72-,73-,74-,75-,76-,77-,78-,79-,80?,81?,82-,83-/m0/s1. The van der Waals surface area contributed by atoms with Crippen molar-refractivity contribution in [2.45, 2.75) is 357 Å². The first-order valence-electron chi connectivity index (χ1n) is 41.5. The summed E-state index contributed by atoms with van der Waals surface area (Å²) in [6, 6.07) is 0. The van der Waals surface area contributed by atoms with Crippen molar-refractivity contribution in [2.75, 3.05) is 41.7 Å². The number of hydrogen-bond donors (Lipinski definition) is 0. The van der Waals surface area contributed by atoms with Gasteiger partial charge in [-0.2, -0.15) is 0 Å². The van der Waals surface area contributed by atoms with Crippen molar-refractivity contribution in [3.8, 4) is 0 Å². The maximum Gasteiger partial charge on any atom is 0.305 e. The SMILES string of the molecule is COOCC[C@H](C)CCC[C@H]1CCC[C@H]([C@H](C)CCC[C@@H](CC[C@@H](C)CCC[C@@H](C)[C@H]2CC[C@H](C3CC[C@H](CC(=O)OC)C3)C2)CC[C@@H](CCC[C@@H](C)[C@H]2CC[C@H](CCC[C@@H](C)CCOOC)C2)CC[C@@H](C)CCC[C@@H](C)[C@H]2CC[C@H](C3CC[C@H](CC(=O)OC)C3)C2)C1. The Morgan fingerprint density at radius 1 is 0.312 bits per heavy atom. The monoisotopic (exact) mass is 1310 g/mol. The Hall–Kier alpha value is -1.22. The molecule has 0 aliphatic heterocycles. The van der Waals surface area contributed by atoms with Crippen LogP contribution in [0.2, 0.25) is 0 Å². The second-order valence-corrected chi connectivity index (χ2v) is 35.3. The molecule has 6 aliphatic carbocycles. The van der Waals surface area contributed by atoms with Crippen molar-refractivity contribution >= 4 is 11.9 Å². The topological polar surface area (TPSA) is 89.5 Å². The highest BCUT2D eigenvalue weighted by molar-refractivity contribution is 5.69. The third kappa shape index (κ3) is 31.5. The maximum atomic E-state index is 12.0. The summed E-state index contributed by atoms with van der Waals surface area (Å²) in [5.74, 6) is 18.4. The highest BCUT2D eigenvalue weighted by Gasteiger charge is 2.40. The third-order valence-corrected chi connectivity index (χ3v) is 28.1. The Bertz CT molecular complexity index is 1910. The molecule has 6 saturated carbocycles. The molecule has 6 aliphatic rings. The van der Waals surface area contributed by atoms with Gasteiger partial charge in [0.2, 0.25) is 0 Å². The molecule has 0 aromatic heterocycles. The molecule has 8 nitrogen and oxygen atoms in total. The lowest BCUT2D eigenvalue weighted by Gasteiger charge is -2.33. The van der Waals surface area contributed by atoms with Gasteiger partial charge in [0.15, 0.2) is 0 Å². The van der Waals surface area contributed by atoms with Crippen LogP contribution in [0.3, 0.4) is 0 Å². The highest BCUT2D eigenvalue weighted by atomic mass is 17.2. The molecule has 0 saturated heterocycles. The molecule has 0 N–H and O–H groups in total. The van der Waals surface area contributed by atoms with Gasteiger partial charge in [-0.25, -0.2) is 19.6 Å². The molecule has 544 valence electrons. The quantitative estimate of drug-likeness (QED) is 0.0258. The number of carbonyl (C=O) groups excluding carboxylic acids is 2. The molecule has 6 fully saturated rings. The number of methoxy groups -OCH3 is 2. The van der Waals surface area contributed by atoms with Gasteiger partial charge in [0.25, 0.3) is 0 Å². The Morgan fingerprint density at radius 3 is 1.08 bits per heavy atom. The minimum atomic E-state index is -0.00825. The van der Waals surface area contributed by atoms with Crippen LogP contribution >= 0.6 is 0 Å². The number of carbonyl (C=O) groups is 2. The van der Waals surface area contributed by atoms with E-state index in [1.807, 2.05) is 0 Å². The van der Waals surface area contributed by atoms with Gasteiger partial charge < -0.3 is 9.47 Å². The van der Waals surface area contributed by atoms with Crippen LogP contribution in [-0.2, 0) is 38.6 Å². The zero-order valence-electron chi connectivity index (χ0n) is 63.6. The first kappa shape index (κ1) is 80.8. The van der Waals surface area contributed by atoms with Gasteiger partial charge in [-0.1, -0.05) is 235 Å². The number of esters is 2. The van der Waals surface area contributed by atoms with Crippen LogP contribution in [-0.4, -0.2) is 53.6 Å². The summed E-state index contributed by atoms with van der Waals surface area (Å²) in [5.41, 5.74) is 0. The number of hydrogen-bond acceptors (Lipinski definition) is 8. The van der Waals surface area contributed by atoms with E-state index in [9.17, 15) is 9.59 Å².